The molecule has 2 N–H and O–H groups in total. The molecule has 1 heterocycles. The van der Waals surface area contributed by atoms with Gasteiger partial charge in [-0.05, 0) is 50.5 Å². The van der Waals surface area contributed by atoms with Crippen molar-refractivity contribution >= 4 is 11.9 Å². The van der Waals surface area contributed by atoms with Crippen molar-refractivity contribution < 1.29 is 14.7 Å². The minimum absolute atomic E-state index is 0.320. The average Bonchev–Trinajstić information content (AvgIpc) is 2.89. The molecule has 1 unspecified atom stereocenters. The molecular formula is C19H23N3O3. The van der Waals surface area contributed by atoms with E-state index in [0.717, 1.165) is 17.0 Å². The molecule has 0 aliphatic heterocycles. The predicted octanol–water partition coefficient (Wildman–Crippen LogP) is 2.70. The molecule has 1 atom stereocenters. The van der Waals surface area contributed by atoms with Crippen LogP contribution >= 0.6 is 0 Å². The van der Waals surface area contributed by atoms with Crippen LogP contribution in [0.4, 0.5) is 0 Å². The molecule has 0 saturated carbocycles. The van der Waals surface area contributed by atoms with Crippen LogP contribution in [0.1, 0.15) is 40.2 Å². The van der Waals surface area contributed by atoms with Crippen LogP contribution in [0.3, 0.4) is 0 Å². The lowest BCUT2D eigenvalue weighted by atomic mass is 10.1. The summed E-state index contributed by atoms with van der Waals surface area (Å²) in [5.41, 5.74) is 3.49. The molecule has 2 aromatic rings. The topological polar surface area (TPSA) is 84.2 Å². The highest BCUT2D eigenvalue weighted by molar-refractivity contribution is 5.96. The molecule has 1 amide bonds. The van der Waals surface area contributed by atoms with Gasteiger partial charge < -0.3 is 10.4 Å². The number of nitrogens with one attached hydrogen (secondary N) is 1. The fourth-order valence-electron chi connectivity index (χ4n) is 2.55. The van der Waals surface area contributed by atoms with Gasteiger partial charge in [0.25, 0.3) is 5.91 Å². The first-order valence-electron chi connectivity index (χ1n) is 8.15. The Morgan fingerprint density at radius 2 is 2.00 bits per heavy atom. The first-order chi connectivity index (χ1) is 11.9. The number of aryl methyl sites for hydroxylation is 2. The number of benzene rings is 1. The summed E-state index contributed by atoms with van der Waals surface area (Å²) in [4.78, 5) is 23.4. The summed E-state index contributed by atoms with van der Waals surface area (Å²) in [5.74, 6) is -1.44. The van der Waals surface area contributed by atoms with Crippen molar-refractivity contribution in [1.82, 2.24) is 15.1 Å². The third-order valence-corrected chi connectivity index (χ3v) is 3.91. The molecule has 0 radical (unpaired) electrons. The molecule has 0 saturated heterocycles. The predicted molar refractivity (Wildman–Crippen MR) is 95.6 cm³/mol. The van der Waals surface area contributed by atoms with E-state index in [-0.39, 0.29) is 0 Å². The van der Waals surface area contributed by atoms with Crippen LogP contribution in [0.15, 0.2) is 43.0 Å². The van der Waals surface area contributed by atoms with E-state index in [0.29, 0.717) is 24.9 Å². The lowest BCUT2D eigenvalue weighted by Gasteiger charge is -2.14. The normalized spacial score (nSPS) is 11.8. The number of rotatable bonds is 8. The van der Waals surface area contributed by atoms with Gasteiger partial charge in [0, 0.05) is 11.3 Å². The van der Waals surface area contributed by atoms with Crippen LogP contribution in [0.2, 0.25) is 0 Å². The Kier molecular flexibility index (Phi) is 6.11. The lowest BCUT2D eigenvalue weighted by Crippen LogP contribution is -2.40. The highest BCUT2D eigenvalue weighted by Crippen LogP contribution is 2.10. The number of carboxylic acids is 1. The molecule has 6 nitrogen and oxygen atoms in total. The second kappa shape index (κ2) is 8.28. The minimum Gasteiger partial charge on any atom is -0.480 e. The summed E-state index contributed by atoms with van der Waals surface area (Å²) in [7, 11) is 0. The fourth-order valence-corrected chi connectivity index (χ4v) is 2.55. The maximum Gasteiger partial charge on any atom is 0.326 e. The van der Waals surface area contributed by atoms with Crippen LogP contribution in [-0.4, -0.2) is 32.8 Å². The van der Waals surface area contributed by atoms with Gasteiger partial charge in [0.1, 0.15) is 6.04 Å². The second-order valence-electron chi connectivity index (χ2n) is 6.01. The van der Waals surface area contributed by atoms with Crippen molar-refractivity contribution in [3.63, 3.8) is 0 Å². The zero-order chi connectivity index (χ0) is 18.4. The van der Waals surface area contributed by atoms with Crippen molar-refractivity contribution in [2.75, 3.05) is 0 Å². The molecule has 2 rings (SSSR count). The first kappa shape index (κ1) is 18.4. The summed E-state index contributed by atoms with van der Waals surface area (Å²) in [6.45, 7) is 8.14. The number of amides is 1. The number of hydrogen-bond acceptors (Lipinski definition) is 3. The molecule has 25 heavy (non-hydrogen) atoms. The number of carbonyl (C=O) groups excluding carboxylic acids is 1. The molecule has 0 bridgehead atoms. The zero-order valence-electron chi connectivity index (χ0n) is 14.5. The van der Waals surface area contributed by atoms with Crippen LogP contribution in [0.5, 0.6) is 0 Å². The van der Waals surface area contributed by atoms with E-state index in [1.807, 2.05) is 36.7 Å². The number of allylic oxidation sites excluding steroid dienone is 1. The standard InChI is InChI=1S/C19H23N3O3/c1-4-5-6-17(19(24)25)20-18(23)16-9-7-15(8-10-16)12-22-14(3)11-13(2)21-22/h4,7-11,17H,1,5-6,12H2,2-3H3,(H,20,23)(H,24,25). The third-order valence-electron chi connectivity index (χ3n) is 3.91. The van der Waals surface area contributed by atoms with Crippen LogP contribution in [0, 0.1) is 13.8 Å². The van der Waals surface area contributed by atoms with E-state index in [1.165, 1.54) is 0 Å². The Labute approximate surface area is 147 Å². The van der Waals surface area contributed by atoms with Crippen LogP contribution in [0.25, 0.3) is 0 Å². The maximum absolute atomic E-state index is 12.2. The van der Waals surface area contributed by atoms with E-state index >= 15 is 0 Å². The highest BCUT2D eigenvalue weighted by Gasteiger charge is 2.19. The van der Waals surface area contributed by atoms with Crippen molar-refractivity contribution in [3.05, 3.63) is 65.5 Å². The Morgan fingerprint density at radius 1 is 1.32 bits per heavy atom. The number of nitrogens with zero attached hydrogens (tertiary/aromatic N) is 2. The summed E-state index contributed by atoms with van der Waals surface area (Å²) < 4.78 is 1.90. The molecular weight excluding hydrogens is 318 g/mol. The van der Waals surface area contributed by atoms with Crippen molar-refractivity contribution in [3.8, 4) is 0 Å². The van der Waals surface area contributed by atoms with Gasteiger partial charge in [0.15, 0.2) is 0 Å². The van der Waals surface area contributed by atoms with Crippen molar-refractivity contribution in [2.24, 2.45) is 0 Å². The van der Waals surface area contributed by atoms with Gasteiger partial charge in [0.05, 0.1) is 12.2 Å². The molecule has 1 aromatic carbocycles. The molecule has 0 aliphatic rings. The Morgan fingerprint density at radius 3 is 2.52 bits per heavy atom. The molecule has 132 valence electrons. The Balaban J connectivity index is 2.03. The van der Waals surface area contributed by atoms with Gasteiger partial charge in [-0.25, -0.2) is 4.79 Å². The number of carbonyl (C=O) groups is 2. The van der Waals surface area contributed by atoms with Gasteiger partial charge in [0.2, 0.25) is 0 Å². The molecule has 1 aromatic heterocycles. The van der Waals surface area contributed by atoms with E-state index < -0.39 is 17.9 Å². The molecule has 6 heteroatoms. The smallest absolute Gasteiger partial charge is 0.326 e. The SMILES string of the molecule is C=CCCC(NC(=O)c1ccc(Cn2nc(C)cc2C)cc1)C(=O)O. The van der Waals surface area contributed by atoms with Crippen LogP contribution in [-0.2, 0) is 11.3 Å². The van der Waals surface area contributed by atoms with E-state index in [1.54, 1.807) is 18.2 Å². The van der Waals surface area contributed by atoms with Gasteiger partial charge in [-0.2, -0.15) is 5.10 Å². The molecule has 0 aliphatic carbocycles. The Bertz CT molecular complexity index is 763. The number of carboxylic acid groups (broad SMARTS) is 1. The molecule has 0 spiro atoms. The zero-order valence-corrected chi connectivity index (χ0v) is 14.5. The largest absolute Gasteiger partial charge is 0.480 e. The van der Waals surface area contributed by atoms with Crippen molar-refractivity contribution in [2.45, 2.75) is 39.3 Å². The van der Waals surface area contributed by atoms with Gasteiger partial charge >= 0.3 is 5.97 Å². The second-order valence-corrected chi connectivity index (χ2v) is 6.01. The van der Waals surface area contributed by atoms with Crippen molar-refractivity contribution in [1.29, 1.82) is 0 Å². The summed E-state index contributed by atoms with van der Waals surface area (Å²) in [6, 6.07) is 8.19. The lowest BCUT2D eigenvalue weighted by molar-refractivity contribution is -0.139. The summed E-state index contributed by atoms with van der Waals surface area (Å²) in [6.07, 6.45) is 2.48. The third kappa shape index (κ3) is 5.04. The highest BCUT2D eigenvalue weighted by atomic mass is 16.4. The van der Waals surface area contributed by atoms with E-state index in [4.69, 9.17) is 0 Å². The number of aromatic nitrogens is 2. The minimum atomic E-state index is -1.05. The number of hydrogen-bond donors (Lipinski definition) is 2. The molecule has 0 fully saturated rings. The first-order valence-corrected chi connectivity index (χ1v) is 8.15. The van der Waals surface area contributed by atoms with Gasteiger partial charge in [-0.3, -0.25) is 9.48 Å². The summed E-state index contributed by atoms with van der Waals surface area (Å²) in [5, 5.41) is 16.1. The Hall–Kier alpha value is -2.89. The van der Waals surface area contributed by atoms with E-state index in [9.17, 15) is 14.7 Å². The maximum atomic E-state index is 12.2. The van der Waals surface area contributed by atoms with Gasteiger partial charge in [-0.15, -0.1) is 6.58 Å². The van der Waals surface area contributed by atoms with Crippen LogP contribution < -0.4 is 5.32 Å². The number of aliphatic carboxylic acids is 1. The fraction of sp³-hybridized carbons (Fsp3) is 0.316. The quantitative estimate of drug-likeness (QED) is 0.723. The van der Waals surface area contributed by atoms with E-state index in [2.05, 4.69) is 17.0 Å². The van der Waals surface area contributed by atoms with Gasteiger partial charge in [-0.1, -0.05) is 18.2 Å². The summed E-state index contributed by atoms with van der Waals surface area (Å²) >= 11 is 0. The average molecular weight is 341 g/mol. The monoisotopic (exact) mass is 341 g/mol.